The van der Waals surface area contributed by atoms with Crippen molar-refractivity contribution in [3.05, 3.63) is 52.2 Å². The van der Waals surface area contributed by atoms with Crippen molar-refractivity contribution >= 4 is 17.2 Å². The number of hydrogen-bond acceptors (Lipinski definition) is 4. The Morgan fingerprint density at radius 3 is 3.09 bits per heavy atom. The zero-order chi connectivity index (χ0) is 15.2. The Labute approximate surface area is 134 Å². The summed E-state index contributed by atoms with van der Waals surface area (Å²) in [6, 6.07) is 11.6. The van der Waals surface area contributed by atoms with E-state index in [9.17, 15) is 4.79 Å². The van der Waals surface area contributed by atoms with Gasteiger partial charge >= 0.3 is 0 Å². The Balaban J connectivity index is 1.58. The molecule has 1 atom stereocenters. The molecule has 1 unspecified atom stereocenters. The molecule has 0 aliphatic carbocycles. The average molecular weight is 316 g/mol. The number of ether oxygens (including phenoxy) is 1. The van der Waals surface area contributed by atoms with E-state index in [4.69, 9.17) is 4.74 Å². The highest BCUT2D eigenvalue weighted by atomic mass is 32.1. The van der Waals surface area contributed by atoms with Gasteiger partial charge < -0.3 is 15.4 Å². The van der Waals surface area contributed by atoms with Crippen LogP contribution in [0.25, 0.3) is 0 Å². The molecular formula is C17H20N2O2S. The minimum atomic E-state index is -0.0322. The summed E-state index contributed by atoms with van der Waals surface area (Å²) in [6.07, 6.45) is 2.14. The minimum absolute atomic E-state index is 0.0322. The van der Waals surface area contributed by atoms with Crippen LogP contribution >= 0.6 is 11.3 Å². The third-order valence-corrected chi connectivity index (χ3v) is 4.54. The molecule has 1 aromatic carbocycles. The van der Waals surface area contributed by atoms with Crippen LogP contribution in [-0.4, -0.2) is 25.0 Å². The van der Waals surface area contributed by atoms with Crippen molar-refractivity contribution in [3.63, 3.8) is 0 Å². The quantitative estimate of drug-likeness (QED) is 0.892. The number of nitrogens with one attached hydrogen (secondary N) is 2. The number of piperidine rings is 1. The van der Waals surface area contributed by atoms with Gasteiger partial charge in [-0.25, -0.2) is 0 Å². The fourth-order valence-corrected chi connectivity index (χ4v) is 3.14. The van der Waals surface area contributed by atoms with Crippen molar-refractivity contribution in [1.29, 1.82) is 0 Å². The predicted octanol–water partition coefficient (Wildman–Crippen LogP) is 2.81. The van der Waals surface area contributed by atoms with Crippen LogP contribution < -0.4 is 15.4 Å². The van der Waals surface area contributed by atoms with Gasteiger partial charge in [-0.05, 0) is 49.0 Å². The lowest BCUT2D eigenvalue weighted by Crippen LogP contribution is -2.45. The Bertz CT molecular complexity index is 607. The van der Waals surface area contributed by atoms with Crippen LogP contribution in [0, 0.1) is 0 Å². The normalized spacial score (nSPS) is 17.9. The molecule has 1 aromatic heterocycles. The summed E-state index contributed by atoms with van der Waals surface area (Å²) in [5.41, 5.74) is 0.647. The molecule has 22 heavy (non-hydrogen) atoms. The molecular weight excluding hydrogens is 296 g/mol. The molecule has 116 valence electrons. The number of amides is 1. The average Bonchev–Trinajstić information content (AvgIpc) is 3.08. The van der Waals surface area contributed by atoms with Gasteiger partial charge in [-0.2, -0.15) is 0 Å². The van der Waals surface area contributed by atoms with Gasteiger partial charge in [-0.1, -0.05) is 12.1 Å². The lowest BCUT2D eigenvalue weighted by molar-refractivity contribution is 0.0930. The zero-order valence-electron chi connectivity index (χ0n) is 12.4. The molecule has 0 radical (unpaired) electrons. The highest BCUT2D eigenvalue weighted by molar-refractivity contribution is 7.09. The van der Waals surface area contributed by atoms with Crippen molar-refractivity contribution in [2.24, 2.45) is 0 Å². The fraction of sp³-hybridized carbons (Fsp3) is 0.353. The minimum Gasteiger partial charge on any atom is -0.488 e. The molecule has 1 fully saturated rings. The van der Waals surface area contributed by atoms with Crippen molar-refractivity contribution in [2.45, 2.75) is 25.5 Å². The summed E-state index contributed by atoms with van der Waals surface area (Å²) >= 11 is 1.66. The SMILES string of the molecule is O=C(NC1CCCNC1)c1cccc(OCc2cccs2)c1. The molecule has 1 amide bonds. The van der Waals surface area contributed by atoms with Gasteiger partial charge in [0.05, 0.1) is 0 Å². The first-order chi connectivity index (χ1) is 10.8. The number of thiophene rings is 1. The largest absolute Gasteiger partial charge is 0.488 e. The number of hydrogen-bond donors (Lipinski definition) is 2. The topological polar surface area (TPSA) is 50.4 Å². The Hall–Kier alpha value is -1.85. The number of carbonyl (C=O) groups excluding carboxylic acids is 1. The number of benzene rings is 1. The predicted molar refractivity (Wildman–Crippen MR) is 88.5 cm³/mol. The van der Waals surface area contributed by atoms with Gasteiger partial charge in [0.2, 0.25) is 0 Å². The van der Waals surface area contributed by atoms with Gasteiger partial charge in [0.1, 0.15) is 12.4 Å². The van der Waals surface area contributed by atoms with Gasteiger partial charge in [0.15, 0.2) is 0 Å². The standard InChI is InChI=1S/C17H20N2O2S/c20-17(19-14-5-2-8-18-11-14)13-4-1-6-15(10-13)21-12-16-7-3-9-22-16/h1,3-4,6-7,9-10,14,18H,2,5,8,11-12H2,(H,19,20). The molecule has 0 spiro atoms. The molecule has 0 bridgehead atoms. The van der Waals surface area contributed by atoms with Crippen LogP contribution in [-0.2, 0) is 6.61 Å². The lowest BCUT2D eigenvalue weighted by atomic mass is 10.1. The fourth-order valence-electron chi connectivity index (χ4n) is 2.52. The Morgan fingerprint density at radius 1 is 1.36 bits per heavy atom. The second kappa shape index (κ2) is 7.42. The molecule has 5 heteroatoms. The van der Waals surface area contributed by atoms with Crippen LogP contribution in [0.3, 0.4) is 0 Å². The van der Waals surface area contributed by atoms with E-state index in [2.05, 4.69) is 10.6 Å². The highest BCUT2D eigenvalue weighted by Crippen LogP contribution is 2.17. The van der Waals surface area contributed by atoms with E-state index in [-0.39, 0.29) is 11.9 Å². The molecule has 3 rings (SSSR count). The van der Waals surface area contributed by atoms with E-state index >= 15 is 0 Å². The second-order valence-electron chi connectivity index (χ2n) is 5.41. The highest BCUT2D eigenvalue weighted by Gasteiger charge is 2.16. The maximum absolute atomic E-state index is 12.3. The first kappa shape index (κ1) is 15.1. The molecule has 2 N–H and O–H groups in total. The first-order valence-electron chi connectivity index (χ1n) is 7.58. The zero-order valence-corrected chi connectivity index (χ0v) is 13.2. The van der Waals surface area contributed by atoms with Crippen molar-refractivity contribution in [1.82, 2.24) is 10.6 Å². The Kier molecular flexibility index (Phi) is 5.08. The van der Waals surface area contributed by atoms with Crippen LogP contribution in [0.1, 0.15) is 28.1 Å². The number of rotatable bonds is 5. The van der Waals surface area contributed by atoms with E-state index in [1.807, 2.05) is 35.7 Å². The summed E-state index contributed by atoms with van der Waals surface area (Å²) in [4.78, 5) is 13.5. The second-order valence-corrected chi connectivity index (χ2v) is 6.44. The van der Waals surface area contributed by atoms with E-state index in [0.717, 1.165) is 31.7 Å². The van der Waals surface area contributed by atoms with Gasteiger partial charge in [-0.3, -0.25) is 4.79 Å². The molecule has 1 saturated heterocycles. The van der Waals surface area contributed by atoms with Crippen LogP contribution in [0.4, 0.5) is 0 Å². The van der Waals surface area contributed by atoms with Crippen molar-refractivity contribution < 1.29 is 9.53 Å². The van der Waals surface area contributed by atoms with Gasteiger partial charge in [0.25, 0.3) is 5.91 Å². The van der Waals surface area contributed by atoms with Gasteiger partial charge in [-0.15, -0.1) is 11.3 Å². The van der Waals surface area contributed by atoms with E-state index in [0.29, 0.717) is 12.2 Å². The molecule has 1 aliphatic rings. The maximum atomic E-state index is 12.3. The first-order valence-corrected chi connectivity index (χ1v) is 8.46. The summed E-state index contributed by atoms with van der Waals surface area (Å²) in [7, 11) is 0. The van der Waals surface area contributed by atoms with Gasteiger partial charge in [0, 0.05) is 23.0 Å². The number of carbonyl (C=O) groups is 1. The van der Waals surface area contributed by atoms with Crippen molar-refractivity contribution in [2.75, 3.05) is 13.1 Å². The molecule has 0 saturated carbocycles. The van der Waals surface area contributed by atoms with Crippen LogP contribution in [0.15, 0.2) is 41.8 Å². The Morgan fingerprint density at radius 2 is 2.32 bits per heavy atom. The lowest BCUT2D eigenvalue weighted by Gasteiger charge is -2.23. The van der Waals surface area contributed by atoms with E-state index < -0.39 is 0 Å². The third kappa shape index (κ3) is 4.08. The van der Waals surface area contributed by atoms with Crippen LogP contribution in [0.5, 0.6) is 5.75 Å². The maximum Gasteiger partial charge on any atom is 0.251 e. The molecule has 1 aliphatic heterocycles. The molecule has 2 heterocycles. The van der Waals surface area contributed by atoms with Crippen molar-refractivity contribution in [3.8, 4) is 5.75 Å². The van der Waals surface area contributed by atoms with E-state index in [1.165, 1.54) is 4.88 Å². The molecule has 4 nitrogen and oxygen atoms in total. The molecule has 2 aromatic rings. The summed E-state index contributed by atoms with van der Waals surface area (Å²) < 4.78 is 5.75. The monoisotopic (exact) mass is 316 g/mol. The van der Waals surface area contributed by atoms with Crippen LogP contribution in [0.2, 0.25) is 0 Å². The smallest absolute Gasteiger partial charge is 0.251 e. The summed E-state index contributed by atoms with van der Waals surface area (Å²) in [5.74, 6) is 0.693. The van der Waals surface area contributed by atoms with E-state index in [1.54, 1.807) is 17.4 Å². The summed E-state index contributed by atoms with van der Waals surface area (Å²) in [5, 5.41) is 8.41. The summed E-state index contributed by atoms with van der Waals surface area (Å²) in [6.45, 7) is 2.42. The third-order valence-electron chi connectivity index (χ3n) is 3.69.